The minimum absolute atomic E-state index is 0.340. The lowest BCUT2D eigenvalue weighted by Gasteiger charge is -2.36. The van der Waals surface area contributed by atoms with E-state index in [1.807, 2.05) is 31.2 Å². The van der Waals surface area contributed by atoms with E-state index in [1.54, 1.807) is 34.6 Å². The van der Waals surface area contributed by atoms with Crippen LogP contribution in [0.2, 0.25) is 0 Å². The lowest BCUT2D eigenvalue weighted by Crippen LogP contribution is -2.60. The van der Waals surface area contributed by atoms with Gasteiger partial charge < -0.3 is 34.3 Å². The molecule has 3 fully saturated rings. The van der Waals surface area contributed by atoms with Crippen LogP contribution in [0.1, 0.15) is 40.2 Å². The molecular formula is C22H30N2O7. The summed E-state index contributed by atoms with van der Waals surface area (Å²) in [4.78, 5) is 25.6. The number of hydrogen-bond acceptors (Lipinski definition) is 7. The third kappa shape index (κ3) is 4.61. The molecule has 1 aromatic rings. The van der Waals surface area contributed by atoms with Crippen molar-refractivity contribution in [3.05, 3.63) is 29.8 Å². The topological polar surface area (TPSA) is 104 Å². The highest BCUT2D eigenvalue weighted by molar-refractivity contribution is 5.97. The van der Waals surface area contributed by atoms with Crippen LogP contribution in [0.5, 0.6) is 0 Å². The number of ether oxygens (including phenoxy) is 5. The molecule has 0 bridgehead atoms. The Morgan fingerprint density at radius 1 is 0.903 bits per heavy atom. The molecule has 4 rings (SSSR count). The fourth-order valence-corrected chi connectivity index (χ4v) is 4.07. The van der Waals surface area contributed by atoms with Gasteiger partial charge in [-0.05, 0) is 53.7 Å². The molecule has 0 aliphatic carbocycles. The molecule has 31 heavy (non-hydrogen) atoms. The molecule has 6 atom stereocenters. The number of anilines is 1. The summed E-state index contributed by atoms with van der Waals surface area (Å²) in [6.45, 7) is 10.7. The van der Waals surface area contributed by atoms with E-state index in [9.17, 15) is 9.59 Å². The van der Waals surface area contributed by atoms with Gasteiger partial charge in [0.15, 0.2) is 24.0 Å². The van der Waals surface area contributed by atoms with Crippen LogP contribution in [0.4, 0.5) is 5.69 Å². The van der Waals surface area contributed by atoms with Crippen LogP contribution in [0.3, 0.4) is 0 Å². The van der Waals surface area contributed by atoms with E-state index in [1.165, 1.54) is 0 Å². The third-order valence-corrected chi connectivity index (χ3v) is 5.48. The first-order valence-corrected chi connectivity index (χ1v) is 10.5. The Morgan fingerprint density at radius 2 is 1.48 bits per heavy atom. The summed E-state index contributed by atoms with van der Waals surface area (Å²) in [6.07, 6.45) is -3.54. The number of nitrogens with one attached hydrogen (secondary N) is 2. The number of carbonyl (C=O) groups excluding carboxylic acids is 2. The van der Waals surface area contributed by atoms with Crippen molar-refractivity contribution in [1.82, 2.24) is 5.32 Å². The van der Waals surface area contributed by atoms with Crippen molar-refractivity contribution in [3.63, 3.8) is 0 Å². The number of aryl methyl sites for hydroxylation is 1. The van der Waals surface area contributed by atoms with Crippen molar-refractivity contribution in [2.45, 2.75) is 89.9 Å². The molecule has 0 spiro atoms. The first-order chi connectivity index (χ1) is 14.4. The van der Waals surface area contributed by atoms with Crippen molar-refractivity contribution in [2.75, 3.05) is 5.32 Å². The van der Waals surface area contributed by atoms with Crippen LogP contribution < -0.4 is 10.6 Å². The highest BCUT2D eigenvalue weighted by Crippen LogP contribution is 2.44. The summed E-state index contributed by atoms with van der Waals surface area (Å²) in [5.74, 6) is -2.60. The molecule has 170 valence electrons. The molecule has 3 aliphatic rings. The van der Waals surface area contributed by atoms with Crippen LogP contribution in [-0.4, -0.2) is 60.1 Å². The Labute approximate surface area is 181 Å². The third-order valence-electron chi connectivity index (χ3n) is 5.48. The van der Waals surface area contributed by atoms with Gasteiger partial charge in [-0.25, -0.2) is 0 Å². The lowest BCUT2D eigenvalue weighted by molar-refractivity contribution is -0.231. The van der Waals surface area contributed by atoms with Gasteiger partial charge in [-0.2, -0.15) is 0 Å². The number of amides is 2. The molecule has 0 saturated carbocycles. The number of benzene rings is 1. The van der Waals surface area contributed by atoms with E-state index >= 15 is 0 Å². The summed E-state index contributed by atoms with van der Waals surface area (Å²) in [7, 11) is 0. The van der Waals surface area contributed by atoms with Gasteiger partial charge in [0, 0.05) is 5.69 Å². The van der Waals surface area contributed by atoms with Gasteiger partial charge in [0.1, 0.15) is 24.4 Å². The predicted molar refractivity (Wildman–Crippen MR) is 110 cm³/mol. The molecule has 3 aliphatic heterocycles. The van der Waals surface area contributed by atoms with Crippen molar-refractivity contribution >= 4 is 17.5 Å². The van der Waals surface area contributed by atoms with Gasteiger partial charge in [-0.3, -0.25) is 9.59 Å². The minimum atomic E-state index is -1.01. The van der Waals surface area contributed by atoms with Crippen molar-refractivity contribution in [1.29, 1.82) is 0 Å². The molecular weight excluding hydrogens is 404 g/mol. The van der Waals surface area contributed by atoms with Crippen LogP contribution >= 0.6 is 0 Å². The van der Waals surface area contributed by atoms with Crippen LogP contribution in [0.25, 0.3) is 0 Å². The maximum Gasteiger partial charge on any atom is 0.252 e. The summed E-state index contributed by atoms with van der Waals surface area (Å²) in [6, 6.07) is 6.62. The number of rotatable bonds is 4. The number of hydrogen-bond donors (Lipinski definition) is 2. The van der Waals surface area contributed by atoms with E-state index in [-0.39, 0.29) is 5.91 Å². The minimum Gasteiger partial charge on any atom is -0.342 e. The van der Waals surface area contributed by atoms with Crippen LogP contribution in [-0.2, 0) is 33.3 Å². The Bertz CT molecular complexity index is 854. The van der Waals surface area contributed by atoms with Crippen molar-refractivity contribution < 1.29 is 33.3 Å². The Morgan fingerprint density at radius 3 is 2.16 bits per heavy atom. The first-order valence-electron chi connectivity index (χ1n) is 10.5. The van der Waals surface area contributed by atoms with Gasteiger partial charge in [0.25, 0.3) is 5.91 Å². The largest absolute Gasteiger partial charge is 0.342 e. The van der Waals surface area contributed by atoms with E-state index in [0.29, 0.717) is 5.69 Å². The number of fused-ring (bicyclic) bond motifs is 3. The molecule has 0 radical (unpaired) electrons. The molecule has 1 aromatic carbocycles. The fourth-order valence-electron chi connectivity index (χ4n) is 4.07. The monoisotopic (exact) mass is 434 g/mol. The highest BCUT2D eigenvalue weighted by Gasteiger charge is 2.62. The zero-order valence-corrected chi connectivity index (χ0v) is 18.6. The smallest absolute Gasteiger partial charge is 0.252 e. The Balaban J connectivity index is 1.44. The molecule has 2 N–H and O–H groups in total. The lowest BCUT2D eigenvalue weighted by atomic mass is 9.98. The zero-order valence-electron chi connectivity index (χ0n) is 18.6. The molecule has 6 unspecified atom stereocenters. The molecule has 9 nitrogen and oxygen atoms in total. The summed E-state index contributed by atoms with van der Waals surface area (Å²) in [5.41, 5.74) is 1.74. The average Bonchev–Trinajstić information content (AvgIpc) is 3.16. The van der Waals surface area contributed by atoms with Crippen LogP contribution in [0.15, 0.2) is 24.3 Å². The second-order valence-electron chi connectivity index (χ2n) is 9.18. The molecule has 2 amide bonds. The SMILES string of the molecule is Cc1ccc(NC(=O)C(C)NC(=O)C2OC3OC(C)(C)OC3C3OC(C)(C)OC23)cc1. The van der Waals surface area contributed by atoms with E-state index in [0.717, 1.165) is 5.56 Å². The van der Waals surface area contributed by atoms with E-state index in [4.69, 9.17) is 23.7 Å². The zero-order chi connectivity index (χ0) is 22.6. The maximum absolute atomic E-state index is 13.1. The van der Waals surface area contributed by atoms with Gasteiger partial charge >= 0.3 is 0 Å². The second-order valence-corrected chi connectivity index (χ2v) is 9.18. The Hall–Kier alpha value is -2.04. The predicted octanol–water partition coefficient (Wildman–Crippen LogP) is 1.83. The van der Waals surface area contributed by atoms with Crippen LogP contribution in [0, 0.1) is 6.92 Å². The van der Waals surface area contributed by atoms with Gasteiger partial charge in [0.05, 0.1) is 0 Å². The van der Waals surface area contributed by atoms with Gasteiger partial charge in [-0.1, -0.05) is 17.7 Å². The first kappa shape index (κ1) is 22.2. The second kappa shape index (κ2) is 7.83. The number of carbonyl (C=O) groups is 2. The average molecular weight is 434 g/mol. The van der Waals surface area contributed by atoms with Gasteiger partial charge in [0.2, 0.25) is 5.91 Å². The summed E-state index contributed by atoms with van der Waals surface area (Å²) < 4.78 is 29.7. The highest BCUT2D eigenvalue weighted by atomic mass is 16.9. The summed E-state index contributed by atoms with van der Waals surface area (Å²) in [5, 5.41) is 5.50. The van der Waals surface area contributed by atoms with Crippen molar-refractivity contribution in [2.24, 2.45) is 0 Å². The molecule has 9 heteroatoms. The van der Waals surface area contributed by atoms with Gasteiger partial charge in [-0.15, -0.1) is 0 Å². The quantitative estimate of drug-likeness (QED) is 0.745. The standard InChI is InChI=1S/C22H30N2O7/c1-11-7-9-13(10-8-11)24-18(25)12(2)23-19(26)16-14-15(29-21(3,4)28-14)17-20(27-16)31-22(5,6)30-17/h7-10,12,14-17,20H,1-6H3,(H,23,26)(H,24,25). The van der Waals surface area contributed by atoms with Crippen molar-refractivity contribution in [3.8, 4) is 0 Å². The van der Waals surface area contributed by atoms with E-state index < -0.39 is 54.2 Å². The molecule has 3 saturated heterocycles. The fraction of sp³-hybridized carbons (Fsp3) is 0.636. The van der Waals surface area contributed by atoms with E-state index in [2.05, 4.69) is 10.6 Å². The molecule has 3 heterocycles. The maximum atomic E-state index is 13.1. The Kier molecular flexibility index (Phi) is 5.60. The molecule has 0 aromatic heterocycles. The summed E-state index contributed by atoms with van der Waals surface area (Å²) >= 11 is 0. The normalized spacial score (nSPS) is 33.8.